The van der Waals surface area contributed by atoms with Crippen LogP contribution in [0.15, 0.2) is 65.8 Å². The van der Waals surface area contributed by atoms with Gasteiger partial charge in [0.1, 0.15) is 5.75 Å². The summed E-state index contributed by atoms with van der Waals surface area (Å²) < 4.78 is 7.86. The van der Waals surface area contributed by atoms with E-state index in [-0.39, 0.29) is 17.9 Å². The van der Waals surface area contributed by atoms with Gasteiger partial charge in [0.2, 0.25) is 5.91 Å². The second-order valence-corrected chi connectivity index (χ2v) is 9.23. The van der Waals surface area contributed by atoms with Crippen molar-refractivity contribution in [3.8, 4) is 5.75 Å². The maximum Gasteiger partial charge on any atom is 0.242 e. The molecule has 2 atom stereocenters. The first kappa shape index (κ1) is 21.0. The molecule has 0 fully saturated rings. The number of amides is 1. The molecule has 0 unspecified atom stereocenters. The first-order valence-corrected chi connectivity index (χ1v) is 12.2. The van der Waals surface area contributed by atoms with E-state index in [2.05, 4.69) is 66.1 Å². The lowest BCUT2D eigenvalue weighted by Crippen LogP contribution is -2.31. The van der Waals surface area contributed by atoms with Crippen molar-refractivity contribution in [2.75, 3.05) is 7.11 Å². The third kappa shape index (κ3) is 2.99. The van der Waals surface area contributed by atoms with E-state index in [1.165, 1.54) is 27.4 Å². The van der Waals surface area contributed by atoms with E-state index in [9.17, 15) is 4.79 Å². The van der Waals surface area contributed by atoms with Crippen molar-refractivity contribution in [3.63, 3.8) is 0 Å². The second-order valence-electron chi connectivity index (χ2n) is 9.23. The Morgan fingerprint density at radius 3 is 2.65 bits per heavy atom. The maximum absolute atomic E-state index is 13.1. The SMILES string of the molecule is CCC(=O)N1N=C2c3cc(OC)ccc3CC[C@@H]2[C@H]1c1ccc2c(c1)c1ccccc1n2CC. The Morgan fingerprint density at radius 1 is 1.03 bits per heavy atom. The molecule has 1 amide bonds. The van der Waals surface area contributed by atoms with E-state index in [4.69, 9.17) is 9.84 Å². The van der Waals surface area contributed by atoms with E-state index in [0.29, 0.717) is 6.42 Å². The summed E-state index contributed by atoms with van der Waals surface area (Å²) in [6, 6.07) is 21.4. The topological polar surface area (TPSA) is 46.8 Å². The summed E-state index contributed by atoms with van der Waals surface area (Å²) in [5, 5.41) is 9.22. The number of hydrogen-bond acceptors (Lipinski definition) is 3. The monoisotopic (exact) mass is 451 g/mol. The molecule has 0 spiro atoms. The van der Waals surface area contributed by atoms with E-state index < -0.39 is 0 Å². The number of fused-ring (bicyclic) bond motifs is 6. The summed E-state index contributed by atoms with van der Waals surface area (Å²) in [6.45, 7) is 5.02. The number of carbonyl (C=O) groups is 1. The van der Waals surface area contributed by atoms with Crippen LogP contribution in [-0.2, 0) is 17.8 Å². The Hall–Kier alpha value is -3.60. The number of carbonyl (C=O) groups excluding carboxylic acids is 1. The first-order chi connectivity index (χ1) is 16.6. The van der Waals surface area contributed by atoms with Crippen LogP contribution >= 0.6 is 0 Å². The Morgan fingerprint density at radius 2 is 1.85 bits per heavy atom. The zero-order valence-electron chi connectivity index (χ0n) is 19.9. The Balaban J connectivity index is 1.51. The maximum atomic E-state index is 13.1. The van der Waals surface area contributed by atoms with Gasteiger partial charge >= 0.3 is 0 Å². The van der Waals surface area contributed by atoms with Gasteiger partial charge in [0.15, 0.2) is 0 Å². The quantitative estimate of drug-likeness (QED) is 0.377. The molecule has 0 saturated heterocycles. The van der Waals surface area contributed by atoms with Crippen LogP contribution < -0.4 is 4.74 Å². The fraction of sp³-hybridized carbons (Fsp3) is 0.310. The van der Waals surface area contributed by atoms with Crippen LogP contribution in [0.2, 0.25) is 0 Å². The molecule has 5 nitrogen and oxygen atoms in total. The van der Waals surface area contributed by atoms with Crippen molar-refractivity contribution in [3.05, 3.63) is 77.4 Å². The summed E-state index contributed by atoms with van der Waals surface area (Å²) >= 11 is 0. The summed E-state index contributed by atoms with van der Waals surface area (Å²) in [7, 11) is 1.69. The molecule has 0 radical (unpaired) electrons. The lowest BCUT2D eigenvalue weighted by Gasteiger charge is -2.30. The predicted molar refractivity (Wildman–Crippen MR) is 136 cm³/mol. The lowest BCUT2D eigenvalue weighted by molar-refractivity contribution is -0.133. The van der Waals surface area contributed by atoms with Crippen molar-refractivity contribution in [2.45, 2.75) is 45.7 Å². The predicted octanol–water partition coefficient (Wildman–Crippen LogP) is 6.08. The van der Waals surface area contributed by atoms with Gasteiger partial charge in [-0.1, -0.05) is 37.3 Å². The Labute approximate surface area is 199 Å². The zero-order valence-corrected chi connectivity index (χ0v) is 19.9. The number of hydrogen-bond donors (Lipinski definition) is 0. The molecule has 0 N–H and O–H groups in total. The molecule has 3 aromatic carbocycles. The van der Waals surface area contributed by atoms with Crippen LogP contribution in [0.4, 0.5) is 0 Å². The molecule has 2 aliphatic rings. The third-order valence-corrected chi connectivity index (χ3v) is 7.54. The Kier molecular flexibility index (Phi) is 4.94. The van der Waals surface area contributed by atoms with Gasteiger partial charge in [-0.15, -0.1) is 0 Å². The fourth-order valence-electron chi connectivity index (χ4n) is 5.91. The number of aryl methyl sites for hydroxylation is 2. The minimum Gasteiger partial charge on any atom is -0.497 e. The first-order valence-electron chi connectivity index (χ1n) is 12.2. The average Bonchev–Trinajstić information content (AvgIpc) is 3.43. The molecule has 0 bridgehead atoms. The lowest BCUT2D eigenvalue weighted by atomic mass is 9.77. The molecule has 4 aromatic rings. The molecule has 1 aliphatic heterocycles. The standard InChI is InChI=1S/C29H29N3O2/c1-4-27(33)32-29(22-14-11-18-10-13-20(34-3)17-23(18)28(22)30-32)19-12-15-26-24(16-19)21-8-6-7-9-25(21)31(26)5-2/h6-10,12-13,15-17,22,29H,4-5,11,14H2,1-3H3/t22-,29+/m0/s1. The average molecular weight is 452 g/mol. The molecule has 6 rings (SSSR count). The highest BCUT2D eigenvalue weighted by molar-refractivity contribution is 6.09. The number of ether oxygens (including phenoxy) is 1. The zero-order chi connectivity index (χ0) is 23.4. The summed E-state index contributed by atoms with van der Waals surface area (Å²) in [4.78, 5) is 13.1. The third-order valence-electron chi connectivity index (χ3n) is 7.54. The molecular formula is C29H29N3O2. The highest BCUT2D eigenvalue weighted by Gasteiger charge is 2.43. The van der Waals surface area contributed by atoms with Crippen LogP contribution in [-0.4, -0.2) is 28.3 Å². The minimum absolute atomic E-state index is 0.0624. The van der Waals surface area contributed by atoms with E-state index in [1.807, 2.05) is 13.0 Å². The normalized spacial score (nSPS) is 19.3. The number of benzene rings is 3. The minimum atomic E-state index is -0.0880. The van der Waals surface area contributed by atoms with E-state index >= 15 is 0 Å². The second kappa shape index (κ2) is 8.01. The Bertz CT molecular complexity index is 1470. The van der Waals surface area contributed by atoms with Crippen molar-refractivity contribution in [1.82, 2.24) is 9.58 Å². The van der Waals surface area contributed by atoms with Gasteiger partial charge in [-0.05, 0) is 61.2 Å². The highest BCUT2D eigenvalue weighted by atomic mass is 16.5. The number of hydrazone groups is 1. The van der Waals surface area contributed by atoms with Crippen molar-refractivity contribution >= 4 is 33.4 Å². The molecule has 5 heteroatoms. The van der Waals surface area contributed by atoms with Gasteiger partial charge in [-0.2, -0.15) is 5.10 Å². The smallest absolute Gasteiger partial charge is 0.242 e. The fourth-order valence-corrected chi connectivity index (χ4v) is 5.91. The summed E-state index contributed by atoms with van der Waals surface area (Å²) in [5.74, 6) is 1.06. The molecule has 1 aromatic heterocycles. The summed E-state index contributed by atoms with van der Waals surface area (Å²) in [5.41, 5.74) is 7.06. The largest absolute Gasteiger partial charge is 0.497 e. The molecule has 172 valence electrons. The summed E-state index contributed by atoms with van der Waals surface area (Å²) in [6.07, 6.45) is 2.39. The van der Waals surface area contributed by atoms with Crippen LogP contribution in [0.5, 0.6) is 5.75 Å². The van der Waals surface area contributed by atoms with Crippen LogP contribution in [0.3, 0.4) is 0 Å². The number of nitrogens with zero attached hydrogens (tertiary/aromatic N) is 3. The molecule has 34 heavy (non-hydrogen) atoms. The van der Waals surface area contributed by atoms with Crippen molar-refractivity contribution < 1.29 is 9.53 Å². The van der Waals surface area contributed by atoms with Crippen molar-refractivity contribution in [2.24, 2.45) is 11.0 Å². The number of para-hydroxylation sites is 1. The number of rotatable bonds is 4. The molecule has 1 aliphatic carbocycles. The van der Waals surface area contributed by atoms with Crippen LogP contribution in [0.1, 0.15) is 49.4 Å². The van der Waals surface area contributed by atoms with Crippen LogP contribution in [0.25, 0.3) is 21.8 Å². The number of aromatic nitrogens is 1. The van der Waals surface area contributed by atoms with E-state index in [0.717, 1.165) is 42.0 Å². The highest BCUT2D eigenvalue weighted by Crippen LogP contribution is 2.45. The van der Waals surface area contributed by atoms with Gasteiger partial charge in [0.05, 0.1) is 18.9 Å². The van der Waals surface area contributed by atoms with Crippen LogP contribution in [0, 0.1) is 5.92 Å². The van der Waals surface area contributed by atoms with Crippen molar-refractivity contribution in [1.29, 1.82) is 0 Å². The van der Waals surface area contributed by atoms with E-state index in [1.54, 1.807) is 12.1 Å². The van der Waals surface area contributed by atoms with Gasteiger partial charge in [-0.25, -0.2) is 5.01 Å². The number of methoxy groups -OCH3 is 1. The van der Waals surface area contributed by atoms with Gasteiger partial charge in [0, 0.05) is 46.3 Å². The molecule has 2 heterocycles. The van der Waals surface area contributed by atoms with Gasteiger partial charge < -0.3 is 9.30 Å². The molecular weight excluding hydrogens is 422 g/mol. The van der Waals surface area contributed by atoms with Gasteiger partial charge in [0.25, 0.3) is 0 Å². The molecule has 0 saturated carbocycles. The van der Waals surface area contributed by atoms with Gasteiger partial charge in [-0.3, -0.25) is 4.79 Å².